The summed E-state index contributed by atoms with van der Waals surface area (Å²) < 4.78 is 0. The molecule has 5 nitrogen and oxygen atoms in total. The molecule has 2 aromatic heterocycles. The zero-order valence-corrected chi connectivity index (χ0v) is 11.4. The Labute approximate surface area is 107 Å². The summed E-state index contributed by atoms with van der Waals surface area (Å²) in [5, 5.41) is 12.5. The standard InChI is InChI=1S/C10H12N4OS2/c1-5-6(2)16-8(12-5)4-11-9(15)10-14-13-7(3)17-10/h4H2,1-3H3,(H,11,15). The van der Waals surface area contributed by atoms with Crippen LogP contribution >= 0.6 is 22.7 Å². The van der Waals surface area contributed by atoms with E-state index in [0.29, 0.717) is 11.6 Å². The van der Waals surface area contributed by atoms with Crippen molar-refractivity contribution < 1.29 is 4.79 Å². The molecule has 0 spiro atoms. The fourth-order valence-corrected chi connectivity index (χ4v) is 2.72. The lowest BCUT2D eigenvalue weighted by Gasteiger charge is -1.98. The minimum Gasteiger partial charge on any atom is -0.343 e. The van der Waals surface area contributed by atoms with Crippen LogP contribution in [0.1, 0.15) is 30.4 Å². The lowest BCUT2D eigenvalue weighted by atomic mass is 10.4. The number of hydrogen-bond acceptors (Lipinski definition) is 6. The molecule has 0 aliphatic heterocycles. The highest BCUT2D eigenvalue weighted by atomic mass is 32.1. The zero-order valence-electron chi connectivity index (χ0n) is 9.77. The number of nitrogens with zero attached hydrogens (tertiary/aromatic N) is 3. The third kappa shape index (κ3) is 2.86. The van der Waals surface area contributed by atoms with E-state index in [0.717, 1.165) is 15.7 Å². The molecule has 0 bridgehead atoms. The lowest BCUT2D eigenvalue weighted by Crippen LogP contribution is -2.22. The van der Waals surface area contributed by atoms with E-state index in [4.69, 9.17) is 0 Å². The topological polar surface area (TPSA) is 67.8 Å². The highest BCUT2D eigenvalue weighted by molar-refractivity contribution is 7.13. The molecule has 0 aliphatic rings. The molecule has 0 saturated carbocycles. The maximum Gasteiger partial charge on any atom is 0.282 e. The quantitative estimate of drug-likeness (QED) is 0.922. The first-order valence-corrected chi connectivity index (χ1v) is 6.71. The van der Waals surface area contributed by atoms with Crippen molar-refractivity contribution in [3.63, 3.8) is 0 Å². The molecule has 90 valence electrons. The van der Waals surface area contributed by atoms with Gasteiger partial charge in [0.05, 0.1) is 12.2 Å². The summed E-state index contributed by atoms with van der Waals surface area (Å²) in [6.07, 6.45) is 0. The number of aryl methyl sites for hydroxylation is 3. The summed E-state index contributed by atoms with van der Waals surface area (Å²) in [6, 6.07) is 0. The minimum atomic E-state index is -0.193. The van der Waals surface area contributed by atoms with E-state index in [1.807, 2.05) is 20.8 Å². The number of carbonyl (C=O) groups is 1. The largest absolute Gasteiger partial charge is 0.343 e. The van der Waals surface area contributed by atoms with Crippen LogP contribution in [0.4, 0.5) is 0 Å². The molecule has 2 heterocycles. The molecular formula is C10H12N4OS2. The summed E-state index contributed by atoms with van der Waals surface area (Å²) >= 11 is 2.89. The first-order valence-electron chi connectivity index (χ1n) is 5.07. The highest BCUT2D eigenvalue weighted by Gasteiger charge is 2.11. The Morgan fingerprint density at radius 1 is 1.24 bits per heavy atom. The molecule has 2 aromatic rings. The van der Waals surface area contributed by atoms with Crippen molar-refractivity contribution >= 4 is 28.6 Å². The van der Waals surface area contributed by atoms with Crippen LogP contribution in [0.15, 0.2) is 0 Å². The number of rotatable bonds is 3. The van der Waals surface area contributed by atoms with Crippen LogP contribution in [0.5, 0.6) is 0 Å². The van der Waals surface area contributed by atoms with E-state index in [2.05, 4.69) is 20.5 Å². The van der Waals surface area contributed by atoms with Crippen LogP contribution < -0.4 is 5.32 Å². The Morgan fingerprint density at radius 2 is 2.00 bits per heavy atom. The van der Waals surface area contributed by atoms with Gasteiger partial charge in [-0.3, -0.25) is 4.79 Å². The zero-order chi connectivity index (χ0) is 12.4. The van der Waals surface area contributed by atoms with Gasteiger partial charge in [-0.05, 0) is 20.8 Å². The predicted molar refractivity (Wildman–Crippen MR) is 67.4 cm³/mol. The summed E-state index contributed by atoms with van der Waals surface area (Å²) in [7, 11) is 0. The van der Waals surface area contributed by atoms with Gasteiger partial charge in [-0.25, -0.2) is 4.98 Å². The summed E-state index contributed by atoms with van der Waals surface area (Å²) in [6.45, 7) is 6.25. The minimum absolute atomic E-state index is 0.193. The van der Waals surface area contributed by atoms with E-state index in [1.165, 1.54) is 16.2 Å². The van der Waals surface area contributed by atoms with Gasteiger partial charge in [-0.15, -0.1) is 21.5 Å². The molecule has 0 aromatic carbocycles. The van der Waals surface area contributed by atoms with Crippen LogP contribution in [-0.4, -0.2) is 21.1 Å². The van der Waals surface area contributed by atoms with E-state index in [-0.39, 0.29) is 5.91 Å². The average Bonchev–Trinajstić information content (AvgIpc) is 2.83. The normalized spacial score (nSPS) is 10.5. The Hall–Kier alpha value is -1.34. The summed E-state index contributed by atoms with van der Waals surface area (Å²) in [5.41, 5.74) is 1.02. The fourth-order valence-electron chi connectivity index (χ4n) is 1.23. The van der Waals surface area contributed by atoms with Crippen molar-refractivity contribution in [1.82, 2.24) is 20.5 Å². The van der Waals surface area contributed by atoms with Gasteiger partial charge >= 0.3 is 0 Å². The van der Waals surface area contributed by atoms with E-state index in [1.54, 1.807) is 11.3 Å². The molecule has 1 N–H and O–H groups in total. The molecule has 0 unspecified atom stereocenters. The van der Waals surface area contributed by atoms with Gasteiger partial charge in [-0.1, -0.05) is 11.3 Å². The molecule has 2 rings (SSSR count). The maximum atomic E-state index is 11.7. The van der Waals surface area contributed by atoms with Gasteiger partial charge in [0, 0.05) is 4.88 Å². The third-order valence-corrected chi connectivity index (χ3v) is 4.10. The van der Waals surface area contributed by atoms with Crippen LogP contribution in [-0.2, 0) is 6.54 Å². The van der Waals surface area contributed by atoms with Gasteiger partial charge in [-0.2, -0.15) is 0 Å². The SMILES string of the molecule is Cc1nnc(C(=O)NCc2nc(C)c(C)s2)s1. The van der Waals surface area contributed by atoms with E-state index < -0.39 is 0 Å². The van der Waals surface area contributed by atoms with Crippen molar-refractivity contribution in [2.45, 2.75) is 27.3 Å². The van der Waals surface area contributed by atoms with Gasteiger partial charge in [0.15, 0.2) is 0 Å². The number of nitrogens with one attached hydrogen (secondary N) is 1. The number of carbonyl (C=O) groups excluding carboxylic acids is 1. The summed E-state index contributed by atoms with van der Waals surface area (Å²) in [4.78, 5) is 17.2. The molecule has 0 aliphatic carbocycles. The number of thiazole rings is 1. The van der Waals surface area contributed by atoms with Crippen molar-refractivity contribution in [1.29, 1.82) is 0 Å². The van der Waals surface area contributed by atoms with Crippen LogP contribution in [0.2, 0.25) is 0 Å². The van der Waals surface area contributed by atoms with Gasteiger partial charge < -0.3 is 5.32 Å². The Balaban J connectivity index is 1.96. The Morgan fingerprint density at radius 3 is 2.53 bits per heavy atom. The van der Waals surface area contributed by atoms with Crippen molar-refractivity contribution in [2.24, 2.45) is 0 Å². The number of aromatic nitrogens is 3. The van der Waals surface area contributed by atoms with E-state index in [9.17, 15) is 4.79 Å². The molecular weight excluding hydrogens is 256 g/mol. The second-order valence-corrected chi connectivity index (χ2v) is 6.03. The first kappa shape index (κ1) is 12.1. The Kier molecular flexibility index (Phi) is 3.49. The number of hydrogen-bond donors (Lipinski definition) is 1. The Bertz CT molecular complexity index is 527. The molecule has 0 saturated heterocycles. The molecule has 1 amide bonds. The first-order chi connectivity index (χ1) is 8.06. The van der Waals surface area contributed by atoms with Gasteiger partial charge in [0.25, 0.3) is 5.91 Å². The van der Waals surface area contributed by atoms with Gasteiger partial charge in [0.1, 0.15) is 10.0 Å². The lowest BCUT2D eigenvalue weighted by molar-refractivity contribution is 0.0949. The summed E-state index contributed by atoms with van der Waals surface area (Å²) in [5.74, 6) is -0.193. The fraction of sp³-hybridized carbons (Fsp3) is 0.400. The second kappa shape index (κ2) is 4.89. The monoisotopic (exact) mass is 268 g/mol. The highest BCUT2D eigenvalue weighted by Crippen LogP contribution is 2.16. The number of amides is 1. The second-order valence-electron chi connectivity index (χ2n) is 3.56. The molecule has 0 radical (unpaired) electrons. The smallest absolute Gasteiger partial charge is 0.282 e. The van der Waals surface area contributed by atoms with E-state index >= 15 is 0 Å². The molecule has 0 atom stereocenters. The van der Waals surface area contributed by atoms with Crippen molar-refractivity contribution in [3.05, 3.63) is 25.6 Å². The molecule has 7 heteroatoms. The van der Waals surface area contributed by atoms with Crippen molar-refractivity contribution in [3.8, 4) is 0 Å². The maximum absolute atomic E-state index is 11.7. The van der Waals surface area contributed by atoms with Crippen LogP contribution in [0, 0.1) is 20.8 Å². The van der Waals surface area contributed by atoms with Crippen molar-refractivity contribution in [2.75, 3.05) is 0 Å². The van der Waals surface area contributed by atoms with Gasteiger partial charge in [0.2, 0.25) is 5.01 Å². The van der Waals surface area contributed by atoms with Crippen LogP contribution in [0.25, 0.3) is 0 Å². The molecule has 0 fully saturated rings. The third-order valence-electron chi connectivity index (χ3n) is 2.19. The molecule has 17 heavy (non-hydrogen) atoms. The predicted octanol–water partition coefficient (Wildman–Crippen LogP) is 1.85. The van der Waals surface area contributed by atoms with Crippen LogP contribution in [0.3, 0.4) is 0 Å². The average molecular weight is 268 g/mol.